The van der Waals surface area contributed by atoms with Gasteiger partial charge in [0.05, 0.1) is 10.9 Å². The Morgan fingerprint density at radius 1 is 0.962 bits per heavy atom. The molecule has 130 valence electrons. The molecule has 6 heteroatoms. The average Bonchev–Trinajstić information content (AvgIpc) is 3.33. The summed E-state index contributed by atoms with van der Waals surface area (Å²) in [5.74, 6) is 1.17. The molecule has 2 heterocycles. The molecular weight excluding hydrogens is 362 g/mol. The second kappa shape index (κ2) is 7.43. The van der Waals surface area contributed by atoms with Gasteiger partial charge in [0, 0.05) is 16.5 Å². The Labute approximate surface area is 160 Å². The van der Waals surface area contributed by atoms with Crippen molar-refractivity contribution in [2.75, 3.05) is 0 Å². The minimum atomic E-state index is 0.0384. The normalized spacial score (nSPS) is 12.2. The predicted octanol–water partition coefficient (Wildman–Crippen LogP) is 6.02. The summed E-state index contributed by atoms with van der Waals surface area (Å²) < 4.78 is 6.86. The van der Waals surface area contributed by atoms with E-state index in [0.29, 0.717) is 11.8 Å². The Hall–Kier alpha value is -2.44. The van der Waals surface area contributed by atoms with Crippen LogP contribution in [0.5, 0.6) is 0 Å². The summed E-state index contributed by atoms with van der Waals surface area (Å²) in [5.41, 5.74) is 4.27. The number of hydrogen-bond acceptors (Lipinski definition) is 6. The van der Waals surface area contributed by atoms with Crippen LogP contribution in [0.3, 0.4) is 0 Å². The lowest BCUT2D eigenvalue weighted by molar-refractivity contribution is 0.509. The molecule has 0 spiro atoms. The molecule has 2 aromatic heterocycles. The summed E-state index contributed by atoms with van der Waals surface area (Å²) in [6.45, 7) is 4.11. The van der Waals surface area contributed by atoms with Crippen LogP contribution in [-0.2, 0) is 0 Å². The van der Waals surface area contributed by atoms with E-state index >= 15 is 0 Å². The van der Waals surface area contributed by atoms with Crippen molar-refractivity contribution in [3.63, 3.8) is 0 Å². The van der Waals surface area contributed by atoms with E-state index in [1.54, 1.807) is 23.1 Å². The fourth-order valence-corrected chi connectivity index (χ4v) is 4.47. The SMILES string of the molecule is Cc1ccc(-c2nnc([C@@H](C)Sc3nc(-c4ccccc4)cs3)o2)cc1. The van der Waals surface area contributed by atoms with Crippen LogP contribution in [0.2, 0.25) is 0 Å². The molecule has 26 heavy (non-hydrogen) atoms. The Morgan fingerprint density at radius 3 is 2.50 bits per heavy atom. The zero-order chi connectivity index (χ0) is 17.9. The number of benzene rings is 2. The molecule has 0 amide bonds. The number of thioether (sulfide) groups is 1. The van der Waals surface area contributed by atoms with Crippen molar-refractivity contribution >= 4 is 23.1 Å². The zero-order valence-electron chi connectivity index (χ0n) is 14.4. The van der Waals surface area contributed by atoms with Gasteiger partial charge in [0.2, 0.25) is 11.8 Å². The van der Waals surface area contributed by atoms with E-state index < -0.39 is 0 Å². The molecule has 0 aliphatic heterocycles. The third-order valence-electron chi connectivity index (χ3n) is 3.92. The largest absolute Gasteiger partial charge is 0.419 e. The summed E-state index contributed by atoms with van der Waals surface area (Å²) in [5, 5.41) is 10.5. The second-order valence-electron chi connectivity index (χ2n) is 5.94. The quantitative estimate of drug-likeness (QED) is 0.397. The highest BCUT2D eigenvalue weighted by atomic mass is 32.2. The first-order valence-corrected chi connectivity index (χ1v) is 10.0. The Balaban J connectivity index is 1.48. The van der Waals surface area contributed by atoms with Gasteiger partial charge >= 0.3 is 0 Å². The third-order valence-corrected chi connectivity index (χ3v) is 5.98. The maximum absolute atomic E-state index is 5.87. The van der Waals surface area contributed by atoms with E-state index in [1.807, 2.05) is 42.5 Å². The fourth-order valence-electron chi connectivity index (χ4n) is 2.47. The Kier molecular flexibility index (Phi) is 4.86. The first-order valence-electron chi connectivity index (χ1n) is 8.27. The van der Waals surface area contributed by atoms with Gasteiger partial charge in [-0.05, 0) is 26.0 Å². The molecule has 4 aromatic rings. The number of nitrogens with zero attached hydrogens (tertiary/aromatic N) is 3. The van der Waals surface area contributed by atoms with Crippen molar-refractivity contribution in [2.45, 2.75) is 23.4 Å². The standard InChI is InChI=1S/C20H17N3OS2/c1-13-8-10-16(11-9-13)19-23-22-18(24-19)14(2)26-20-21-17(12-25-20)15-6-4-3-5-7-15/h3-12,14H,1-2H3/t14-/m1/s1. The van der Waals surface area contributed by atoms with Crippen molar-refractivity contribution in [1.82, 2.24) is 15.2 Å². The van der Waals surface area contributed by atoms with Gasteiger partial charge in [-0.3, -0.25) is 0 Å². The van der Waals surface area contributed by atoms with Crippen molar-refractivity contribution in [2.24, 2.45) is 0 Å². The summed E-state index contributed by atoms with van der Waals surface area (Å²) in [6.07, 6.45) is 0. The molecule has 2 aromatic carbocycles. The number of thiazole rings is 1. The van der Waals surface area contributed by atoms with Gasteiger partial charge in [-0.2, -0.15) is 0 Å². The van der Waals surface area contributed by atoms with Crippen LogP contribution in [0.1, 0.15) is 23.6 Å². The molecule has 0 saturated carbocycles. The van der Waals surface area contributed by atoms with E-state index in [-0.39, 0.29) is 5.25 Å². The first-order chi connectivity index (χ1) is 12.7. The van der Waals surface area contributed by atoms with E-state index in [1.165, 1.54) is 5.56 Å². The molecular formula is C20H17N3OS2. The minimum Gasteiger partial charge on any atom is -0.419 e. The van der Waals surface area contributed by atoms with E-state index in [9.17, 15) is 0 Å². The lowest BCUT2D eigenvalue weighted by Gasteiger charge is -2.03. The highest BCUT2D eigenvalue weighted by molar-refractivity contribution is 8.01. The number of aromatic nitrogens is 3. The van der Waals surface area contributed by atoms with E-state index in [4.69, 9.17) is 9.40 Å². The monoisotopic (exact) mass is 379 g/mol. The highest BCUT2D eigenvalue weighted by Crippen LogP contribution is 2.38. The molecule has 0 fully saturated rings. The summed E-state index contributed by atoms with van der Waals surface area (Å²) in [7, 11) is 0. The van der Waals surface area contributed by atoms with Crippen molar-refractivity contribution in [1.29, 1.82) is 0 Å². The highest BCUT2D eigenvalue weighted by Gasteiger charge is 2.18. The van der Waals surface area contributed by atoms with Crippen molar-refractivity contribution in [3.8, 4) is 22.7 Å². The van der Waals surface area contributed by atoms with E-state index in [0.717, 1.165) is 21.2 Å². The molecule has 4 rings (SSSR count). The van der Waals surface area contributed by atoms with Crippen LogP contribution in [0, 0.1) is 6.92 Å². The lowest BCUT2D eigenvalue weighted by Crippen LogP contribution is -1.88. The summed E-state index contributed by atoms with van der Waals surface area (Å²) >= 11 is 3.27. The third kappa shape index (κ3) is 3.71. The van der Waals surface area contributed by atoms with Crippen LogP contribution >= 0.6 is 23.1 Å². The van der Waals surface area contributed by atoms with Gasteiger partial charge < -0.3 is 4.42 Å². The fraction of sp³-hybridized carbons (Fsp3) is 0.150. The maximum Gasteiger partial charge on any atom is 0.247 e. The zero-order valence-corrected chi connectivity index (χ0v) is 16.1. The molecule has 0 unspecified atom stereocenters. The summed E-state index contributed by atoms with van der Waals surface area (Å²) in [6, 6.07) is 18.3. The topological polar surface area (TPSA) is 51.8 Å². The van der Waals surface area contributed by atoms with Gasteiger partial charge in [0.25, 0.3) is 0 Å². The molecule has 4 nitrogen and oxygen atoms in total. The Bertz CT molecular complexity index is 993. The molecule has 1 atom stereocenters. The smallest absolute Gasteiger partial charge is 0.247 e. The minimum absolute atomic E-state index is 0.0384. The van der Waals surface area contributed by atoms with Crippen LogP contribution in [0.15, 0.2) is 68.7 Å². The lowest BCUT2D eigenvalue weighted by atomic mass is 10.1. The van der Waals surface area contributed by atoms with Crippen molar-refractivity contribution in [3.05, 3.63) is 71.4 Å². The van der Waals surface area contributed by atoms with Crippen LogP contribution in [0.25, 0.3) is 22.7 Å². The molecule has 0 N–H and O–H groups in total. The van der Waals surface area contributed by atoms with Gasteiger partial charge in [-0.1, -0.05) is 59.8 Å². The molecule has 0 bridgehead atoms. The van der Waals surface area contributed by atoms with E-state index in [2.05, 4.69) is 41.6 Å². The van der Waals surface area contributed by atoms with Crippen LogP contribution < -0.4 is 0 Å². The molecule has 0 saturated heterocycles. The van der Waals surface area contributed by atoms with Gasteiger partial charge in [0.1, 0.15) is 0 Å². The van der Waals surface area contributed by atoms with Gasteiger partial charge in [-0.15, -0.1) is 21.5 Å². The van der Waals surface area contributed by atoms with Gasteiger partial charge in [0.15, 0.2) is 4.34 Å². The second-order valence-corrected chi connectivity index (χ2v) is 8.38. The predicted molar refractivity (Wildman–Crippen MR) is 106 cm³/mol. The first kappa shape index (κ1) is 17.0. The molecule has 0 radical (unpaired) electrons. The number of aryl methyl sites for hydroxylation is 1. The van der Waals surface area contributed by atoms with Crippen LogP contribution in [-0.4, -0.2) is 15.2 Å². The number of rotatable bonds is 5. The number of hydrogen-bond donors (Lipinski definition) is 0. The molecule has 0 aliphatic carbocycles. The van der Waals surface area contributed by atoms with Gasteiger partial charge in [-0.25, -0.2) is 4.98 Å². The summed E-state index contributed by atoms with van der Waals surface area (Å²) in [4.78, 5) is 4.71. The Morgan fingerprint density at radius 2 is 1.73 bits per heavy atom. The van der Waals surface area contributed by atoms with Crippen molar-refractivity contribution < 1.29 is 4.42 Å². The molecule has 0 aliphatic rings. The average molecular weight is 380 g/mol. The maximum atomic E-state index is 5.87. The van der Waals surface area contributed by atoms with Crippen LogP contribution in [0.4, 0.5) is 0 Å².